The van der Waals surface area contributed by atoms with Gasteiger partial charge in [-0.15, -0.1) is 0 Å². The topological polar surface area (TPSA) is 21.7 Å². The van der Waals surface area contributed by atoms with E-state index in [-0.39, 0.29) is 0 Å². The summed E-state index contributed by atoms with van der Waals surface area (Å²) >= 11 is 6.97. The molecular formula is C13H19Br2NO2. The number of hydrogen-bond acceptors (Lipinski definition) is 3. The summed E-state index contributed by atoms with van der Waals surface area (Å²) in [6.07, 6.45) is 0. The molecule has 0 N–H and O–H groups in total. The van der Waals surface area contributed by atoms with Crippen molar-refractivity contribution >= 4 is 31.9 Å². The fourth-order valence-corrected chi connectivity index (χ4v) is 2.73. The van der Waals surface area contributed by atoms with Crippen molar-refractivity contribution < 1.29 is 9.47 Å². The zero-order valence-electron chi connectivity index (χ0n) is 10.8. The molecule has 1 rings (SSSR count). The van der Waals surface area contributed by atoms with Gasteiger partial charge >= 0.3 is 0 Å². The zero-order chi connectivity index (χ0) is 13.4. The number of ether oxygens (including phenoxy) is 2. The normalized spacial score (nSPS) is 10.7. The maximum Gasteiger partial charge on any atom is 0.122 e. The smallest absolute Gasteiger partial charge is 0.122 e. The van der Waals surface area contributed by atoms with Gasteiger partial charge in [-0.1, -0.05) is 31.9 Å². The van der Waals surface area contributed by atoms with E-state index in [1.165, 1.54) is 5.56 Å². The molecule has 18 heavy (non-hydrogen) atoms. The number of methoxy groups -OCH3 is 2. The van der Waals surface area contributed by atoms with Gasteiger partial charge in [-0.2, -0.15) is 0 Å². The lowest BCUT2D eigenvalue weighted by molar-refractivity contribution is 0.301. The zero-order valence-corrected chi connectivity index (χ0v) is 14.0. The molecule has 0 radical (unpaired) electrons. The number of alkyl halides is 2. The van der Waals surface area contributed by atoms with Crippen molar-refractivity contribution in [2.75, 3.05) is 38.0 Å². The summed E-state index contributed by atoms with van der Waals surface area (Å²) in [5.74, 6) is 1.67. The molecule has 1 aromatic rings. The van der Waals surface area contributed by atoms with Crippen LogP contribution >= 0.6 is 31.9 Å². The monoisotopic (exact) mass is 379 g/mol. The standard InChI is InChI=1S/C13H19Br2NO2/c1-17-12-7-11(8-13(9-12)18-2)10-16(5-3-14)6-4-15/h7-9H,3-6,10H2,1-2H3. The van der Waals surface area contributed by atoms with E-state index in [0.29, 0.717) is 0 Å². The molecule has 0 saturated carbocycles. The van der Waals surface area contributed by atoms with E-state index in [2.05, 4.69) is 48.9 Å². The molecule has 0 fully saturated rings. The summed E-state index contributed by atoms with van der Waals surface area (Å²) < 4.78 is 10.6. The highest BCUT2D eigenvalue weighted by atomic mass is 79.9. The minimum absolute atomic E-state index is 0.835. The molecule has 0 saturated heterocycles. The summed E-state index contributed by atoms with van der Waals surface area (Å²) in [5.41, 5.74) is 1.20. The molecule has 5 heteroatoms. The molecule has 0 aromatic heterocycles. The second-order valence-corrected chi connectivity index (χ2v) is 5.46. The second kappa shape index (κ2) is 8.77. The van der Waals surface area contributed by atoms with Gasteiger partial charge in [0.1, 0.15) is 11.5 Å². The van der Waals surface area contributed by atoms with Gasteiger partial charge in [-0.3, -0.25) is 4.90 Å². The number of benzene rings is 1. The maximum absolute atomic E-state index is 5.28. The van der Waals surface area contributed by atoms with E-state index in [9.17, 15) is 0 Å². The van der Waals surface area contributed by atoms with Crippen LogP contribution in [-0.2, 0) is 6.54 Å². The third-order valence-electron chi connectivity index (χ3n) is 2.62. The van der Waals surface area contributed by atoms with Crippen LogP contribution in [0.4, 0.5) is 0 Å². The average Bonchev–Trinajstić information content (AvgIpc) is 2.38. The molecule has 102 valence electrons. The average molecular weight is 381 g/mol. The lowest BCUT2D eigenvalue weighted by Gasteiger charge is -2.20. The minimum atomic E-state index is 0.835. The molecule has 0 spiro atoms. The number of nitrogens with zero attached hydrogens (tertiary/aromatic N) is 1. The Morgan fingerprint density at radius 1 is 0.944 bits per heavy atom. The van der Waals surface area contributed by atoms with Crippen molar-refractivity contribution in [1.82, 2.24) is 4.90 Å². The lowest BCUT2D eigenvalue weighted by atomic mass is 10.2. The van der Waals surface area contributed by atoms with Gasteiger partial charge in [0, 0.05) is 36.4 Å². The van der Waals surface area contributed by atoms with E-state index in [4.69, 9.17) is 9.47 Å². The molecule has 0 aliphatic heterocycles. The van der Waals surface area contributed by atoms with Gasteiger partial charge in [-0.05, 0) is 17.7 Å². The Labute approximate surface area is 126 Å². The van der Waals surface area contributed by atoms with E-state index >= 15 is 0 Å². The molecule has 1 aromatic carbocycles. The van der Waals surface area contributed by atoms with Crippen LogP contribution < -0.4 is 9.47 Å². The first-order valence-corrected chi connectivity index (χ1v) is 8.04. The van der Waals surface area contributed by atoms with Gasteiger partial charge in [0.2, 0.25) is 0 Å². The fourth-order valence-electron chi connectivity index (χ4n) is 1.72. The number of halogens is 2. The van der Waals surface area contributed by atoms with Gasteiger partial charge in [-0.25, -0.2) is 0 Å². The molecule has 0 atom stereocenters. The van der Waals surface area contributed by atoms with Gasteiger partial charge < -0.3 is 9.47 Å². The minimum Gasteiger partial charge on any atom is -0.497 e. The Kier molecular flexibility index (Phi) is 7.70. The Hall–Kier alpha value is -0.260. The Bertz CT molecular complexity index is 333. The molecule has 3 nitrogen and oxygen atoms in total. The SMILES string of the molecule is COc1cc(CN(CCBr)CCBr)cc(OC)c1. The highest BCUT2D eigenvalue weighted by molar-refractivity contribution is 9.09. The number of hydrogen-bond donors (Lipinski definition) is 0. The van der Waals surface area contributed by atoms with Crippen molar-refractivity contribution in [3.8, 4) is 11.5 Å². The van der Waals surface area contributed by atoms with Crippen LogP contribution in [0.15, 0.2) is 18.2 Å². The first-order chi connectivity index (χ1) is 8.73. The fraction of sp³-hybridized carbons (Fsp3) is 0.538. The van der Waals surface area contributed by atoms with Crippen molar-refractivity contribution in [1.29, 1.82) is 0 Å². The van der Waals surface area contributed by atoms with Gasteiger partial charge in [0.15, 0.2) is 0 Å². The van der Waals surface area contributed by atoms with Crippen LogP contribution in [-0.4, -0.2) is 42.9 Å². The first-order valence-electron chi connectivity index (χ1n) is 5.79. The summed E-state index contributed by atoms with van der Waals surface area (Å²) in [5, 5.41) is 1.95. The van der Waals surface area contributed by atoms with Crippen LogP contribution in [0.3, 0.4) is 0 Å². The van der Waals surface area contributed by atoms with Crippen LogP contribution in [0.25, 0.3) is 0 Å². The van der Waals surface area contributed by atoms with Crippen molar-refractivity contribution in [3.05, 3.63) is 23.8 Å². The van der Waals surface area contributed by atoms with E-state index < -0.39 is 0 Å². The third-order valence-corrected chi connectivity index (χ3v) is 3.33. The third kappa shape index (κ3) is 5.16. The van der Waals surface area contributed by atoms with E-state index in [1.54, 1.807) is 14.2 Å². The molecule has 0 amide bonds. The summed E-state index contributed by atoms with van der Waals surface area (Å²) in [6, 6.07) is 6.00. The molecule has 0 unspecified atom stereocenters. The molecule has 0 bridgehead atoms. The van der Waals surface area contributed by atoms with Crippen LogP contribution in [0.2, 0.25) is 0 Å². The van der Waals surface area contributed by atoms with Crippen LogP contribution in [0.5, 0.6) is 11.5 Å². The lowest BCUT2D eigenvalue weighted by Crippen LogP contribution is -2.27. The Morgan fingerprint density at radius 2 is 1.44 bits per heavy atom. The maximum atomic E-state index is 5.28. The highest BCUT2D eigenvalue weighted by Gasteiger charge is 2.07. The highest BCUT2D eigenvalue weighted by Crippen LogP contribution is 2.23. The van der Waals surface area contributed by atoms with Crippen molar-refractivity contribution in [2.45, 2.75) is 6.54 Å². The van der Waals surface area contributed by atoms with Crippen LogP contribution in [0, 0.1) is 0 Å². The van der Waals surface area contributed by atoms with Crippen molar-refractivity contribution in [2.24, 2.45) is 0 Å². The van der Waals surface area contributed by atoms with Gasteiger partial charge in [0.25, 0.3) is 0 Å². The largest absolute Gasteiger partial charge is 0.497 e. The predicted octanol–water partition coefficient (Wildman–Crippen LogP) is 3.30. The quantitative estimate of drug-likeness (QED) is 0.646. The Morgan fingerprint density at radius 3 is 1.83 bits per heavy atom. The predicted molar refractivity (Wildman–Crippen MR) is 82.4 cm³/mol. The number of rotatable bonds is 8. The second-order valence-electron chi connectivity index (χ2n) is 3.88. The van der Waals surface area contributed by atoms with Crippen molar-refractivity contribution in [3.63, 3.8) is 0 Å². The first kappa shape index (κ1) is 15.8. The van der Waals surface area contributed by atoms with E-state index in [0.717, 1.165) is 41.8 Å². The van der Waals surface area contributed by atoms with E-state index in [1.807, 2.05) is 6.07 Å². The van der Waals surface area contributed by atoms with Gasteiger partial charge in [0.05, 0.1) is 14.2 Å². The summed E-state index contributed by atoms with van der Waals surface area (Å²) in [6.45, 7) is 2.93. The van der Waals surface area contributed by atoms with Crippen LogP contribution in [0.1, 0.15) is 5.56 Å². The Balaban J connectivity index is 2.80. The summed E-state index contributed by atoms with van der Waals surface area (Å²) in [4.78, 5) is 2.37. The summed E-state index contributed by atoms with van der Waals surface area (Å²) in [7, 11) is 3.35. The molecule has 0 aliphatic rings. The molecular weight excluding hydrogens is 362 g/mol. The molecule has 0 aliphatic carbocycles. The molecule has 0 heterocycles.